The summed E-state index contributed by atoms with van der Waals surface area (Å²) in [6.45, 7) is 5.75. The maximum atomic E-state index is 12.7. The zero-order valence-corrected chi connectivity index (χ0v) is 14.8. The van der Waals surface area contributed by atoms with Crippen LogP contribution in [-0.4, -0.2) is 55.7 Å². The van der Waals surface area contributed by atoms with Gasteiger partial charge in [0.25, 0.3) is 5.91 Å². The number of carbonyl (C=O) groups is 1. The van der Waals surface area contributed by atoms with Gasteiger partial charge in [0.2, 0.25) is 0 Å². The third kappa shape index (κ3) is 4.04. The lowest BCUT2D eigenvalue weighted by Crippen LogP contribution is -2.36. The Morgan fingerprint density at radius 3 is 3.12 bits per heavy atom. The number of fused-ring (bicyclic) bond motifs is 1. The normalized spacial score (nSPS) is 19.2. The molecule has 128 valence electrons. The van der Waals surface area contributed by atoms with Crippen LogP contribution in [0.1, 0.15) is 16.1 Å². The molecule has 0 unspecified atom stereocenters. The highest BCUT2D eigenvalue weighted by molar-refractivity contribution is 6.31. The number of amides is 1. The van der Waals surface area contributed by atoms with Crippen molar-refractivity contribution in [2.24, 2.45) is 5.92 Å². The van der Waals surface area contributed by atoms with E-state index in [1.807, 2.05) is 19.1 Å². The van der Waals surface area contributed by atoms with Gasteiger partial charge in [-0.15, -0.1) is 0 Å². The number of nitrogens with zero attached hydrogens (tertiary/aromatic N) is 2. The lowest BCUT2D eigenvalue weighted by atomic mass is 10.1. The minimum atomic E-state index is -0.0836. The standard InChI is InChI=1S/C18H22ClN3O2/c1-12-7-16(15-4-3-14(19)8-17(15)21-12)18(23)20-9-13-10-22(2)5-6-24-11-13/h3-4,7-8,13H,5-6,9-11H2,1-2H3,(H,20,23)/t13-/m1/s1. The summed E-state index contributed by atoms with van der Waals surface area (Å²) in [5.41, 5.74) is 2.18. The number of nitrogens with one attached hydrogen (secondary N) is 1. The molecule has 0 saturated carbocycles. The second-order valence-electron chi connectivity index (χ2n) is 6.39. The molecule has 0 radical (unpaired) electrons. The van der Waals surface area contributed by atoms with Crippen molar-refractivity contribution in [3.8, 4) is 0 Å². The van der Waals surface area contributed by atoms with E-state index in [0.717, 1.165) is 36.3 Å². The highest BCUT2D eigenvalue weighted by atomic mass is 35.5. The summed E-state index contributed by atoms with van der Waals surface area (Å²) in [6.07, 6.45) is 0. The molecule has 1 aromatic heterocycles. The summed E-state index contributed by atoms with van der Waals surface area (Å²) >= 11 is 6.04. The van der Waals surface area contributed by atoms with Crippen LogP contribution in [0, 0.1) is 12.8 Å². The Balaban J connectivity index is 1.76. The van der Waals surface area contributed by atoms with Gasteiger partial charge in [0, 0.05) is 41.7 Å². The molecule has 24 heavy (non-hydrogen) atoms. The number of halogens is 1. The first kappa shape index (κ1) is 17.1. The van der Waals surface area contributed by atoms with Gasteiger partial charge < -0.3 is 15.0 Å². The zero-order valence-electron chi connectivity index (χ0n) is 14.0. The molecule has 2 heterocycles. The molecule has 1 saturated heterocycles. The van der Waals surface area contributed by atoms with Crippen molar-refractivity contribution in [3.63, 3.8) is 0 Å². The number of benzene rings is 1. The molecule has 0 spiro atoms. The van der Waals surface area contributed by atoms with Crippen LogP contribution in [0.25, 0.3) is 10.9 Å². The summed E-state index contributed by atoms with van der Waals surface area (Å²) in [4.78, 5) is 19.4. The van der Waals surface area contributed by atoms with E-state index < -0.39 is 0 Å². The molecule has 1 amide bonds. The molecule has 1 aliphatic rings. The summed E-state index contributed by atoms with van der Waals surface area (Å²) in [5.74, 6) is 0.213. The second-order valence-corrected chi connectivity index (χ2v) is 6.82. The van der Waals surface area contributed by atoms with Crippen LogP contribution in [0.5, 0.6) is 0 Å². The van der Waals surface area contributed by atoms with Crippen molar-refractivity contribution >= 4 is 28.4 Å². The number of likely N-dealkylation sites (N-methyl/N-ethyl adjacent to an activating group) is 1. The molecule has 1 aliphatic heterocycles. The van der Waals surface area contributed by atoms with E-state index in [4.69, 9.17) is 16.3 Å². The number of hydrogen-bond donors (Lipinski definition) is 1. The summed E-state index contributed by atoms with van der Waals surface area (Å²) < 4.78 is 5.60. The lowest BCUT2D eigenvalue weighted by Gasteiger charge is -2.19. The third-order valence-corrected chi connectivity index (χ3v) is 4.47. The van der Waals surface area contributed by atoms with E-state index in [2.05, 4.69) is 22.2 Å². The van der Waals surface area contributed by atoms with Gasteiger partial charge in [0.15, 0.2) is 0 Å². The van der Waals surface area contributed by atoms with E-state index in [0.29, 0.717) is 29.7 Å². The van der Waals surface area contributed by atoms with Crippen LogP contribution in [0.4, 0.5) is 0 Å². The molecule has 1 aromatic carbocycles. The Bertz CT molecular complexity index is 745. The molecule has 0 bridgehead atoms. The fourth-order valence-corrected chi connectivity index (χ4v) is 3.20. The Hall–Kier alpha value is -1.69. The van der Waals surface area contributed by atoms with Crippen molar-refractivity contribution in [2.75, 3.05) is 39.9 Å². The van der Waals surface area contributed by atoms with Crippen LogP contribution in [0.3, 0.4) is 0 Å². The number of hydrogen-bond acceptors (Lipinski definition) is 4. The number of aromatic nitrogens is 1. The zero-order chi connectivity index (χ0) is 17.1. The minimum Gasteiger partial charge on any atom is -0.380 e. The van der Waals surface area contributed by atoms with Crippen LogP contribution in [-0.2, 0) is 4.74 Å². The number of rotatable bonds is 3. The maximum absolute atomic E-state index is 12.7. The predicted octanol–water partition coefficient (Wildman–Crippen LogP) is 2.50. The van der Waals surface area contributed by atoms with Gasteiger partial charge >= 0.3 is 0 Å². The summed E-state index contributed by atoms with van der Waals surface area (Å²) in [7, 11) is 2.08. The van der Waals surface area contributed by atoms with Gasteiger partial charge in [-0.25, -0.2) is 0 Å². The molecular formula is C18H22ClN3O2. The highest BCUT2D eigenvalue weighted by Crippen LogP contribution is 2.22. The Kier molecular flexibility index (Phi) is 5.33. The number of pyridine rings is 1. The number of aryl methyl sites for hydroxylation is 1. The first-order valence-electron chi connectivity index (χ1n) is 8.14. The molecule has 1 N–H and O–H groups in total. The van der Waals surface area contributed by atoms with Crippen LogP contribution in [0.2, 0.25) is 5.02 Å². The van der Waals surface area contributed by atoms with E-state index in [1.165, 1.54) is 0 Å². The molecule has 1 fully saturated rings. The molecule has 2 aromatic rings. The summed E-state index contributed by atoms with van der Waals surface area (Å²) in [6, 6.07) is 7.24. The SMILES string of the molecule is Cc1cc(C(=O)NC[C@H]2COCCN(C)C2)c2ccc(Cl)cc2n1. The van der Waals surface area contributed by atoms with Crippen molar-refractivity contribution in [1.29, 1.82) is 0 Å². The largest absolute Gasteiger partial charge is 0.380 e. The fourth-order valence-electron chi connectivity index (χ4n) is 3.03. The monoisotopic (exact) mass is 347 g/mol. The van der Waals surface area contributed by atoms with Crippen LogP contribution in [0.15, 0.2) is 24.3 Å². The minimum absolute atomic E-state index is 0.0836. The maximum Gasteiger partial charge on any atom is 0.252 e. The van der Waals surface area contributed by atoms with Gasteiger partial charge in [0.05, 0.1) is 24.3 Å². The van der Waals surface area contributed by atoms with Gasteiger partial charge in [-0.1, -0.05) is 17.7 Å². The fraction of sp³-hybridized carbons (Fsp3) is 0.444. The molecule has 1 atom stereocenters. The quantitative estimate of drug-likeness (QED) is 0.927. The van der Waals surface area contributed by atoms with E-state index in [1.54, 1.807) is 12.1 Å². The predicted molar refractivity (Wildman–Crippen MR) is 95.6 cm³/mol. The van der Waals surface area contributed by atoms with Crippen molar-refractivity contribution < 1.29 is 9.53 Å². The first-order chi connectivity index (χ1) is 11.5. The van der Waals surface area contributed by atoms with E-state index in [9.17, 15) is 4.79 Å². The van der Waals surface area contributed by atoms with Gasteiger partial charge in [0.1, 0.15) is 0 Å². The Morgan fingerprint density at radius 1 is 1.46 bits per heavy atom. The second kappa shape index (κ2) is 7.47. The molecule has 3 rings (SSSR count). The van der Waals surface area contributed by atoms with Crippen molar-refractivity contribution in [2.45, 2.75) is 6.92 Å². The first-order valence-corrected chi connectivity index (χ1v) is 8.52. The lowest BCUT2D eigenvalue weighted by molar-refractivity contribution is 0.0923. The Morgan fingerprint density at radius 2 is 2.29 bits per heavy atom. The van der Waals surface area contributed by atoms with E-state index >= 15 is 0 Å². The average Bonchev–Trinajstić information content (AvgIpc) is 2.75. The number of carbonyl (C=O) groups excluding carboxylic acids is 1. The molecule has 6 heteroatoms. The third-order valence-electron chi connectivity index (χ3n) is 4.24. The smallest absolute Gasteiger partial charge is 0.252 e. The van der Waals surface area contributed by atoms with Crippen molar-refractivity contribution in [3.05, 3.63) is 40.5 Å². The molecule has 0 aliphatic carbocycles. The van der Waals surface area contributed by atoms with Crippen LogP contribution < -0.4 is 5.32 Å². The van der Waals surface area contributed by atoms with Gasteiger partial charge in [-0.05, 0) is 32.2 Å². The summed E-state index contributed by atoms with van der Waals surface area (Å²) in [5, 5.41) is 4.48. The topological polar surface area (TPSA) is 54.5 Å². The number of ether oxygens (including phenoxy) is 1. The highest BCUT2D eigenvalue weighted by Gasteiger charge is 2.18. The van der Waals surface area contributed by atoms with Crippen molar-refractivity contribution in [1.82, 2.24) is 15.2 Å². The van der Waals surface area contributed by atoms with E-state index in [-0.39, 0.29) is 5.91 Å². The Labute approximate surface area is 146 Å². The average molecular weight is 348 g/mol. The van der Waals surface area contributed by atoms with Gasteiger partial charge in [-0.3, -0.25) is 9.78 Å². The molecule has 5 nitrogen and oxygen atoms in total. The van der Waals surface area contributed by atoms with Crippen LogP contribution >= 0.6 is 11.6 Å². The van der Waals surface area contributed by atoms with Gasteiger partial charge in [-0.2, -0.15) is 0 Å². The molecular weight excluding hydrogens is 326 g/mol.